The van der Waals surface area contributed by atoms with E-state index in [-0.39, 0.29) is 5.56 Å². The van der Waals surface area contributed by atoms with Gasteiger partial charge < -0.3 is 14.1 Å². The van der Waals surface area contributed by atoms with E-state index in [0.29, 0.717) is 30.7 Å². The summed E-state index contributed by atoms with van der Waals surface area (Å²) in [6, 6.07) is 10.1. The zero-order chi connectivity index (χ0) is 25.6. The SMILES string of the molecule is Cc1cccc(C)c1Cn1c(C)nc2c(CCNS(=O)O)cc(-c3cn(C)c(=O)c4[nH]ccc34)nc21. The van der Waals surface area contributed by atoms with Crippen molar-refractivity contribution in [2.45, 2.75) is 33.7 Å². The maximum absolute atomic E-state index is 12.6. The molecule has 0 spiro atoms. The molecule has 9 nitrogen and oxygen atoms in total. The molecule has 5 rings (SSSR count). The molecule has 0 saturated heterocycles. The Bertz CT molecular complexity index is 1680. The Morgan fingerprint density at radius 3 is 2.61 bits per heavy atom. The van der Waals surface area contributed by atoms with Gasteiger partial charge in [-0.3, -0.25) is 9.35 Å². The van der Waals surface area contributed by atoms with E-state index in [1.165, 1.54) is 16.7 Å². The number of aromatic amines is 1. The van der Waals surface area contributed by atoms with Crippen molar-refractivity contribution in [2.24, 2.45) is 7.05 Å². The highest BCUT2D eigenvalue weighted by atomic mass is 32.2. The van der Waals surface area contributed by atoms with Gasteiger partial charge in [-0.15, -0.1) is 0 Å². The largest absolute Gasteiger partial charge is 0.357 e. The van der Waals surface area contributed by atoms with Crippen molar-refractivity contribution in [3.63, 3.8) is 0 Å². The Morgan fingerprint density at radius 2 is 1.89 bits per heavy atom. The van der Waals surface area contributed by atoms with Crippen LogP contribution in [0.1, 0.15) is 28.1 Å². The van der Waals surface area contributed by atoms with Crippen LogP contribution < -0.4 is 10.3 Å². The smallest absolute Gasteiger partial charge is 0.274 e. The molecule has 4 heterocycles. The lowest BCUT2D eigenvalue weighted by molar-refractivity contribution is 0.549. The van der Waals surface area contributed by atoms with Gasteiger partial charge in [0.2, 0.25) is 11.3 Å². The fourth-order valence-electron chi connectivity index (χ4n) is 4.78. The van der Waals surface area contributed by atoms with Gasteiger partial charge in [-0.05, 0) is 61.6 Å². The normalized spacial score (nSPS) is 12.6. The number of pyridine rings is 2. The van der Waals surface area contributed by atoms with E-state index in [1.54, 1.807) is 24.0 Å². The van der Waals surface area contributed by atoms with Crippen LogP contribution in [-0.4, -0.2) is 39.4 Å². The van der Waals surface area contributed by atoms with Gasteiger partial charge in [-0.2, -0.15) is 0 Å². The minimum atomic E-state index is -2.10. The third-order valence-electron chi connectivity index (χ3n) is 6.72. The maximum atomic E-state index is 12.6. The molecule has 0 bridgehead atoms. The average Bonchev–Trinajstić information content (AvgIpc) is 3.43. The number of benzene rings is 1. The van der Waals surface area contributed by atoms with Gasteiger partial charge in [-0.25, -0.2) is 18.9 Å². The number of aryl methyl sites for hydroxylation is 4. The van der Waals surface area contributed by atoms with Gasteiger partial charge in [0.05, 0.1) is 12.2 Å². The van der Waals surface area contributed by atoms with Crippen LogP contribution >= 0.6 is 0 Å². The second-order valence-corrected chi connectivity index (χ2v) is 9.86. The number of imidazole rings is 1. The number of H-pyrrole nitrogens is 1. The molecule has 0 radical (unpaired) electrons. The molecule has 10 heteroatoms. The number of fused-ring (bicyclic) bond motifs is 2. The summed E-state index contributed by atoms with van der Waals surface area (Å²) in [5.41, 5.74) is 8.01. The third kappa shape index (κ3) is 4.27. The number of nitrogens with one attached hydrogen (secondary N) is 2. The predicted molar refractivity (Wildman–Crippen MR) is 142 cm³/mol. The lowest BCUT2D eigenvalue weighted by Crippen LogP contribution is -2.19. The summed E-state index contributed by atoms with van der Waals surface area (Å²) in [6.45, 7) is 7.11. The Hall–Kier alpha value is -3.60. The first-order valence-electron chi connectivity index (χ1n) is 11.7. The fraction of sp³-hybridized carbons (Fsp3) is 0.269. The van der Waals surface area contributed by atoms with Crippen LogP contribution in [-0.2, 0) is 31.3 Å². The van der Waals surface area contributed by atoms with Crippen LogP contribution in [0.25, 0.3) is 33.3 Å². The fourth-order valence-corrected chi connectivity index (χ4v) is 5.06. The summed E-state index contributed by atoms with van der Waals surface area (Å²) in [6.07, 6.45) is 4.04. The van der Waals surface area contributed by atoms with E-state index in [4.69, 9.17) is 9.97 Å². The molecule has 1 aromatic carbocycles. The molecule has 0 aliphatic rings. The summed E-state index contributed by atoms with van der Waals surface area (Å²) >= 11 is -2.10. The molecule has 5 aromatic rings. The van der Waals surface area contributed by atoms with E-state index in [1.807, 2.05) is 19.1 Å². The summed E-state index contributed by atoms with van der Waals surface area (Å²) < 4.78 is 26.6. The Morgan fingerprint density at radius 1 is 1.14 bits per heavy atom. The number of rotatable bonds is 7. The zero-order valence-electron chi connectivity index (χ0n) is 20.6. The lowest BCUT2D eigenvalue weighted by Gasteiger charge is -2.14. The van der Waals surface area contributed by atoms with Crippen LogP contribution in [0.5, 0.6) is 0 Å². The quantitative estimate of drug-likeness (QED) is 0.293. The molecule has 36 heavy (non-hydrogen) atoms. The van der Waals surface area contributed by atoms with Gasteiger partial charge in [0, 0.05) is 36.9 Å². The molecule has 0 saturated carbocycles. The molecule has 4 aromatic heterocycles. The van der Waals surface area contributed by atoms with Crippen LogP contribution in [0, 0.1) is 20.8 Å². The number of nitrogens with zero attached hydrogens (tertiary/aromatic N) is 4. The van der Waals surface area contributed by atoms with Gasteiger partial charge in [0.15, 0.2) is 5.65 Å². The summed E-state index contributed by atoms with van der Waals surface area (Å²) in [4.78, 5) is 25.6. The predicted octanol–water partition coefficient (Wildman–Crippen LogP) is 3.52. The number of hydrogen-bond acceptors (Lipinski definition) is 4. The Kier molecular flexibility index (Phi) is 6.33. The van der Waals surface area contributed by atoms with Crippen LogP contribution in [0.15, 0.2) is 47.5 Å². The summed E-state index contributed by atoms with van der Waals surface area (Å²) in [5.74, 6) is 0.837. The van der Waals surface area contributed by atoms with Crippen molar-refractivity contribution in [1.29, 1.82) is 0 Å². The van der Waals surface area contributed by atoms with E-state index in [2.05, 4.69) is 46.3 Å². The second kappa shape index (κ2) is 9.45. The molecule has 0 amide bonds. The lowest BCUT2D eigenvalue weighted by atomic mass is 10.0. The highest BCUT2D eigenvalue weighted by Crippen LogP contribution is 2.30. The zero-order valence-corrected chi connectivity index (χ0v) is 21.4. The van der Waals surface area contributed by atoms with Crippen molar-refractivity contribution in [1.82, 2.24) is 28.8 Å². The molecule has 1 unspecified atom stereocenters. The molecule has 0 aliphatic heterocycles. The first kappa shape index (κ1) is 24.1. The van der Waals surface area contributed by atoms with Gasteiger partial charge in [0.25, 0.3) is 5.56 Å². The van der Waals surface area contributed by atoms with Crippen molar-refractivity contribution in [2.75, 3.05) is 6.54 Å². The Balaban J connectivity index is 1.73. The summed E-state index contributed by atoms with van der Waals surface area (Å²) in [7, 11) is 1.72. The van der Waals surface area contributed by atoms with Crippen molar-refractivity contribution >= 4 is 33.3 Å². The minimum Gasteiger partial charge on any atom is -0.357 e. The molecule has 0 fully saturated rings. The number of hydrogen-bond donors (Lipinski definition) is 3. The first-order chi connectivity index (χ1) is 17.2. The minimum absolute atomic E-state index is 0.106. The molecule has 3 N–H and O–H groups in total. The van der Waals surface area contributed by atoms with E-state index in [0.717, 1.165) is 33.5 Å². The average molecular weight is 505 g/mol. The Labute approximate surface area is 210 Å². The summed E-state index contributed by atoms with van der Waals surface area (Å²) in [5, 5.41) is 0.794. The second-order valence-electron chi connectivity index (χ2n) is 9.07. The van der Waals surface area contributed by atoms with Crippen LogP contribution in [0.3, 0.4) is 0 Å². The highest BCUT2D eigenvalue weighted by molar-refractivity contribution is 7.77. The highest BCUT2D eigenvalue weighted by Gasteiger charge is 2.19. The van der Waals surface area contributed by atoms with Crippen LogP contribution in [0.4, 0.5) is 0 Å². The monoisotopic (exact) mass is 504 g/mol. The molecule has 1 atom stereocenters. The van der Waals surface area contributed by atoms with E-state index in [9.17, 15) is 13.6 Å². The molecule has 0 aliphatic carbocycles. The van der Waals surface area contributed by atoms with Crippen molar-refractivity contribution < 1.29 is 8.76 Å². The number of aromatic nitrogens is 5. The molecule has 186 valence electrons. The van der Waals surface area contributed by atoms with E-state index >= 15 is 0 Å². The molecular weight excluding hydrogens is 476 g/mol. The maximum Gasteiger partial charge on any atom is 0.274 e. The standard InChI is InChI=1S/C26H28N6O3S/c1-15-6-5-7-16(2)20(15)14-32-17(3)29-23-18(8-11-28-36(34)35)12-22(30-25(23)32)21-13-31(4)26(33)24-19(21)9-10-27-24/h5-7,9-10,12-13,27-28H,8,11,14H2,1-4H3,(H,34,35). The van der Waals surface area contributed by atoms with E-state index < -0.39 is 11.3 Å². The third-order valence-corrected chi connectivity index (χ3v) is 7.17. The first-order valence-corrected chi connectivity index (χ1v) is 12.8. The van der Waals surface area contributed by atoms with Gasteiger partial charge in [0.1, 0.15) is 16.9 Å². The molecular formula is C26H28N6O3S. The van der Waals surface area contributed by atoms with Gasteiger partial charge in [-0.1, -0.05) is 18.2 Å². The van der Waals surface area contributed by atoms with Gasteiger partial charge >= 0.3 is 0 Å². The van der Waals surface area contributed by atoms with Crippen LogP contribution in [0.2, 0.25) is 0 Å². The van der Waals surface area contributed by atoms with Crippen molar-refractivity contribution in [3.05, 3.63) is 81.2 Å². The topological polar surface area (TPSA) is 118 Å². The van der Waals surface area contributed by atoms with Crippen molar-refractivity contribution in [3.8, 4) is 11.3 Å².